The number of ether oxygens (including phenoxy) is 2. The van der Waals surface area contributed by atoms with Gasteiger partial charge in [0.05, 0.1) is 24.3 Å². The molecule has 0 spiro atoms. The van der Waals surface area contributed by atoms with Gasteiger partial charge in [-0.1, -0.05) is 59.6 Å². The first-order chi connectivity index (χ1) is 31.7. The van der Waals surface area contributed by atoms with E-state index >= 15 is 0 Å². The second-order valence-corrected chi connectivity index (χ2v) is 15.7. The average molecular weight is 977 g/mol. The van der Waals surface area contributed by atoms with Crippen LogP contribution in [-0.2, 0) is 32.0 Å². The molecule has 4 N–H and O–H groups in total. The minimum atomic E-state index is -1.70. The van der Waals surface area contributed by atoms with E-state index in [1.807, 2.05) is 24.3 Å². The quantitative estimate of drug-likeness (QED) is 0.0333. The fraction of sp³-hybridized carbons (Fsp3) is 0.217. The molecule has 5 rings (SSSR count). The molecule has 4 amide bonds. The Hall–Kier alpha value is -6.72. The molecule has 2 unspecified atom stereocenters. The lowest BCUT2D eigenvalue weighted by atomic mass is 10.1. The number of nitrogens with one attached hydrogen (secondary N) is 4. The van der Waals surface area contributed by atoms with Crippen molar-refractivity contribution >= 4 is 116 Å². The normalized spacial score (nSPS) is 12.0. The molecule has 0 bridgehead atoms. The molecule has 0 aliphatic carbocycles. The first-order valence-corrected chi connectivity index (χ1v) is 21.7. The fourth-order valence-electron chi connectivity index (χ4n) is 6.16. The maximum atomic E-state index is 13.6. The van der Waals surface area contributed by atoms with Crippen LogP contribution in [0.1, 0.15) is 45.7 Å². The van der Waals surface area contributed by atoms with Crippen molar-refractivity contribution in [1.82, 2.24) is 0 Å². The van der Waals surface area contributed by atoms with E-state index in [1.54, 1.807) is 24.3 Å². The Morgan fingerprint density at radius 2 is 0.970 bits per heavy atom. The molecule has 5 aromatic carbocycles. The molecule has 0 saturated heterocycles. The van der Waals surface area contributed by atoms with Crippen LogP contribution in [0, 0.1) is 0 Å². The minimum Gasteiger partial charge on any atom is -0.494 e. The van der Waals surface area contributed by atoms with E-state index in [-0.39, 0.29) is 55.4 Å². The Labute approximate surface area is 399 Å². The molecular formula is C46H42Cl4N8O8. The molecule has 0 aromatic heterocycles. The van der Waals surface area contributed by atoms with E-state index in [0.717, 1.165) is 25.0 Å². The number of nitrogens with zero attached hydrogens (tertiary/aromatic N) is 4. The topological polar surface area (TPSA) is 218 Å². The van der Waals surface area contributed by atoms with Gasteiger partial charge >= 0.3 is 0 Å². The van der Waals surface area contributed by atoms with Crippen molar-refractivity contribution in [3.05, 3.63) is 129 Å². The van der Waals surface area contributed by atoms with Crippen LogP contribution in [0.5, 0.6) is 11.5 Å². The van der Waals surface area contributed by atoms with Gasteiger partial charge in [0, 0.05) is 52.1 Å². The average Bonchev–Trinajstić information content (AvgIpc) is 3.29. The molecule has 0 saturated carbocycles. The highest BCUT2D eigenvalue weighted by Crippen LogP contribution is 2.39. The molecule has 342 valence electrons. The van der Waals surface area contributed by atoms with Gasteiger partial charge in [-0.3, -0.25) is 28.8 Å². The summed E-state index contributed by atoms with van der Waals surface area (Å²) in [6.07, 6.45) is 1.07. The Balaban J connectivity index is 1.31. The number of azo groups is 2. The number of para-hydroxylation sites is 2. The zero-order chi connectivity index (χ0) is 47.9. The first-order valence-electron chi connectivity index (χ1n) is 19.9. The number of Topliss-reactive ketones (excluding diaryl/α,β-unsaturated/α-hetero) is 2. The second kappa shape index (κ2) is 24.0. The summed E-state index contributed by atoms with van der Waals surface area (Å²) in [5, 5.41) is 27.1. The van der Waals surface area contributed by atoms with Crippen molar-refractivity contribution in [2.45, 2.75) is 38.8 Å². The van der Waals surface area contributed by atoms with E-state index in [9.17, 15) is 28.8 Å². The van der Waals surface area contributed by atoms with E-state index in [4.69, 9.17) is 55.9 Å². The minimum absolute atomic E-state index is 0.0103. The molecule has 0 radical (unpaired) electrons. The third-order valence-electron chi connectivity index (χ3n) is 9.53. The molecule has 20 heteroatoms. The van der Waals surface area contributed by atoms with Gasteiger partial charge in [-0.05, 0) is 86.3 Å². The van der Waals surface area contributed by atoms with Crippen molar-refractivity contribution in [2.75, 3.05) is 47.2 Å². The zero-order valence-electron chi connectivity index (χ0n) is 35.8. The Morgan fingerprint density at radius 3 is 1.36 bits per heavy atom. The highest BCUT2D eigenvalue weighted by atomic mass is 35.5. The maximum absolute atomic E-state index is 13.6. The second-order valence-electron chi connectivity index (χ2n) is 14.1. The molecule has 0 aliphatic rings. The number of anilines is 4. The molecule has 5 aromatic rings. The van der Waals surface area contributed by atoms with Gasteiger partial charge in [-0.2, -0.15) is 20.5 Å². The monoisotopic (exact) mass is 974 g/mol. The molecule has 66 heavy (non-hydrogen) atoms. The number of benzene rings is 5. The lowest BCUT2D eigenvalue weighted by molar-refractivity contribution is -0.127. The lowest BCUT2D eigenvalue weighted by Gasteiger charge is -2.18. The van der Waals surface area contributed by atoms with Gasteiger partial charge in [-0.25, -0.2) is 0 Å². The van der Waals surface area contributed by atoms with Crippen LogP contribution >= 0.6 is 46.4 Å². The highest BCUT2D eigenvalue weighted by Gasteiger charge is 2.28. The van der Waals surface area contributed by atoms with Crippen molar-refractivity contribution in [3.8, 4) is 11.5 Å². The van der Waals surface area contributed by atoms with E-state index in [0.29, 0.717) is 36.0 Å². The maximum Gasteiger partial charge on any atom is 0.259 e. The van der Waals surface area contributed by atoms with Crippen LogP contribution in [0.2, 0.25) is 10.0 Å². The standard InChI is InChI=1S/C46H42Cl4N8O8/c1-25(59)40(57-55-36-21-29(13-15-32(36)49)43(61)52-34-11-7-5-9-27(34)17-19-47)45(63)51-31-23-38(65-3)42(39(24-31)66-4)54-46(64)41(26(2)60)58-56-37-22-30(14-16-33(37)50)44(62)53-35-12-8-6-10-28(35)18-20-48/h5-16,21-24,40-41H,17-20H2,1-4H3,(H,51,63)(H,52,61)(H,53,62)(H,54,64). The van der Waals surface area contributed by atoms with Crippen LogP contribution in [0.15, 0.2) is 118 Å². The fourth-order valence-corrected chi connectivity index (χ4v) is 6.88. The van der Waals surface area contributed by atoms with Gasteiger partial charge in [0.25, 0.3) is 23.6 Å². The SMILES string of the molecule is COc1cc(NC(=O)C(N=Nc2cc(C(=O)Nc3ccccc3CCCl)ccc2Cl)C(C)=O)cc(OC)c1NC(=O)C(N=Nc1cc(C(=O)Nc2ccccc2CCCl)ccc1Cl)C(C)=O. The number of halogens is 4. The summed E-state index contributed by atoms with van der Waals surface area (Å²) in [5.74, 6) is -3.48. The van der Waals surface area contributed by atoms with Gasteiger partial charge in [0.15, 0.2) is 11.6 Å². The number of carbonyl (C=O) groups is 6. The number of alkyl halides is 2. The summed E-state index contributed by atoms with van der Waals surface area (Å²) in [5.41, 5.74) is 3.24. The third-order valence-corrected chi connectivity index (χ3v) is 10.5. The van der Waals surface area contributed by atoms with Crippen LogP contribution in [0.3, 0.4) is 0 Å². The number of aryl methyl sites for hydroxylation is 2. The number of hydrogen-bond acceptors (Lipinski definition) is 12. The first kappa shape index (κ1) is 50.3. The van der Waals surface area contributed by atoms with Gasteiger partial charge in [0.1, 0.15) is 28.6 Å². The van der Waals surface area contributed by atoms with Crippen molar-refractivity contribution in [2.24, 2.45) is 20.5 Å². The smallest absolute Gasteiger partial charge is 0.259 e. The summed E-state index contributed by atoms with van der Waals surface area (Å²) in [4.78, 5) is 78.9. The number of ketones is 2. The predicted molar refractivity (Wildman–Crippen MR) is 255 cm³/mol. The molecule has 16 nitrogen and oxygen atoms in total. The Bertz CT molecular complexity index is 2690. The largest absolute Gasteiger partial charge is 0.494 e. The van der Waals surface area contributed by atoms with Gasteiger partial charge in [0.2, 0.25) is 12.1 Å². The van der Waals surface area contributed by atoms with Crippen LogP contribution in [-0.4, -0.2) is 73.3 Å². The Morgan fingerprint density at radius 1 is 0.561 bits per heavy atom. The van der Waals surface area contributed by atoms with Crippen LogP contribution < -0.4 is 30.7 Å². The predicted octanol–water partition coefficient (Wildman–Crippen LogP) is 10.4. The van der Waals surface area contributed by atoms with Gasteiger partial charge < -0.3 is 30.7 Å². The summed E-state index contributed by atoms with van der Waals surface area (Å²) in [6.45, 7) is 2.28. The summed E-state index contributed by atoms with van der Waals surface area (Å²) >= 11 is 24.6. The number of rotatable bonds is 20. The number of hydrogen-bond donors (Lipinski definition) is 4. The zero-order valence-corrected chi connectivity index (χ0v) is 38.8. The third kappa shape index (κ3) is 13.2. The Kier molecular flexibility index (Phi) is 18.3. The van der Waals surface area contributed by atoms with Crippen molar-refractivity contribution < 1.29 is 38.2 Å². The molecular weight excluding hydrogens is 934 g/mol. The number of carbonyl (C=O) groups excluding carboxylic acids is 6. The highest BCUT2D eigenvalue weighted by molar-refractivity contribution is 6.33. The van der Waals surface area contributed by atoms with E-state index in [2.05, 4.69) is 41.7 Å². The molecule has 0 heterocycles. The van der Waals surface area contributed by atoms with Crippen molar-refractivity contribution in [1.29, 1.82) is 0 Å². The van der Waals surface area contributed by atoms with E-state index in [1.165, 1.54) is 62.8 Å². The summed E-state index contributed by atoms with van der Waals surface area (Å²) in [7, 11) is 2.56. The summed E-state index contributed by atoms with van der Waals surface area (Å²) < 4.78 is 11.0. The molecule has 0 aliphatic heterocycles. The van der Waals surface area contributed by atoms with Gasteiger partial charge in [-0.15, -0.1) is 23.2 Å². The van der Waals surface area contributed by atoms with Crippen LogP contribution in [0.25, 0.3) is 0 Å². The van der Waals surface area contributed by atoms with E-state index < -0.39 is 47.3 Å². The molecule has 0 fully saturated rings. The number of methoxy groups -OCH3 is 2. The summed E-state index contributed by atoms with van der Waals surface area (Å²) in [6, 6.07) is 22.2. The van der Waals surface area contributed by atoms with Crippen LogP contribution in [0.4, 0.5) is 34.1 Å². The molecule has 2 atom stereocenters. The lowest BCUT2D eigenvalue weighted by Crippen LogP contribution is -2.32. The number of amides is 4. The van der Waals surface area contributed by atoms with Crippen molar-refractivity contribution in [3.63, 3.8) is 0 Å².